The van der Waals surface area contributed by atoms with Gasteiger partial charge in [0.15, 0.2) is 0 Å². The zero-order chi connectivity index (χ0) is 12.3. The van der Waals surface area contributed by atoms with Crippen molar-refractivity contribution < 1.29 is 4.74 Å². The normalized spacial score (nSPS) is 34.2. The molecule has 3 nitrogen and oxygen atoms in total. The highest BCUT2D eigenvalue weighted by Crippen LogP contribution is 2.30. The second-order valence-electron chi connectivity index (χ2n) is 5.81. The van der Waals surface area contributed by atoms with Crippen LogP contribution in [0.3, 0.4) is 0 Å². The van der Waals surface area contributed by atoms with Crippen LogP contribution >= 0.6 is 0 Å². The quantitative estimate of drug-likeness (QED) is 0.769. The SMILES string of the molecule is CCCN(C(C)COC)C1CC2CCC(C1)N2. The molecule has 2 rings (SSSR count). The number of nitrogens with zero attached hydrogens (tertiary/aromatic N) is 1. The molecule has 0 saturated carbocycles. The first kappa shape index (κ1) is 13.3. The van der Waals surface area contributed by atoms with Gasteiger partial charge in [-0.25, -0.2) is 0 Å². The highest BCUT2D eigenvalue weighted by atomic mass is 16.5. The maximum Gasteiger partial charge on any atom is 0.0615 e. The van der Waals surface area contributed by atoms with E-state index in [-0.39, 0.29) is 0 Å². The van der Waals surface area contributed by atoms with E-state index in [1.54, 1.807) is 0 Å². The molecular weight excluding hydrogens is 212 g/mol. The largest absolute Gasteiger partial charge is 0.383 e. The van der Waals surface area contributed by atoms with Gasteiger partial charge >= 0.3 is 0 Å². The zero-order valence-electron chi connectivity index (χ0n) is 11.6. The summed E-state index contributed by atoms with van der Waals surface area (Å²) in [6.07, 6.45) is 6.70. The monoisotopic (exact) mass is 240 g/mol. The van der Waals surface area contributed by atoms with E-state index in [0.29, 0.717) is 6.04 Å². The number of fused-ring (bicyclic) bond motifs is 2. The van der Waals surface area contributed by atoms with Crippen LogP contribution in [0.15, 0.2) is 0 Å². The van der Waals surface area contributed by atoms with Gasteiger partial charge in [-0.2, -0.15) is 0 Å². The highest BCUT2D eigenvalue weighted by Gasteiger charge is 2.36. The van der Waals surface area contributed by atoms with Crippen LogP contribution in [0.2, 0.25) is 0 Å². The van der Waals surface area contributed by atoms with Gasteiger partial charge in [-0.3, -0.25) is 4.90 Å². The molecule has 0 aromatic carbocycles. The molecule has 3 atom stereocenters. The molecule has 2 aliphatic rings. The Bertz CT molecular complexity index is 222. The second-order valence-corrected chi connectivity index (χ2v) is 5.81. The van der Waals surface area contributed by atoms with E-state index in [1.807, 2.05) is 7.11 Å². The molecule has 0 spiro atoms. The van der Waals surface area contributed by atoms with Crippen LogP contribution in [0.25, 0.3) is 0 Å². The van der Waals surface area contributed by atoms with Gasteiger partial charge < -0.3 is 10.1 Å². The predicted molar refractivity (Wildman–Crippen MR) is 71.3 cm³/mol. The predicted octanol–water partition coefficient (Wildman–Crippen LogP) is 2.02. The summed E-state index contributed by atoms with van der Waals surface area (Å²) in [5, 5.41) is 3.73. The Hall–Kier alpha value is -0.120. The fraction of sp³-hybridized carbons (Fsp3) is 1.00. The molecule has 2 saturated heterocycles. The second kappa shape index (κ2) is 6.17. The Labute approximate surface area is 106 Å². The van der Waals surface area contributed by atoms with Crippen molar-refractivity contribution in [3.05, 3.63) is 0 Å². The van der Waals surface area contributed by atoms with Crippen LogP contribution in [0, 0.1) is 0 Å². The smallest absolute Gasteiger partial charge is 0.0615 e. The molecule has 2 bridgehead atoms. The van der Waals surface area contributed by atoms with E-state index in [2.05, 4.69) is 24.1 Å². The van der Waals surface area contributed by atoms with E-state index in [9.17, 15) is 0 Å². The van der Waals surface area contributed by atoms with Crippen LogP contribution in [-0.4, -0.2) is 49.3 Å². The molecule has 0 aromatic heterocycles. The average molecular weight is 240 g/mol. The van der Waals surface area contributed by atoms with Gasteiger partial charge in [0.05, 0.1) is 6.61 Å². The third kappa shape index (κ3) is 3.21. The van der Waals surface area contributed by atoms with Crippen LogP contribution in [-0.2, 0) is 4.74 Å². The van der Waals surface area contributed by atoms with Crippen molar-refractivity contribution in [3.63, 3.8) is 0 Å². The Kier molecular flexibility index (Phi) is 4.83. The lowest BCUT2D eigenvalue weighted by molar-refractivity contribution is 0.0501. The van der Waals surface area contributed by atoms with Gasteiger partial charge in [-0.05, 0) is 45.6 Å². The van der Waals surface area contributed by atoms with Crippen LogP contribution in [0.5, 0.6) is 0 Å². The van der Waals surface area contributed by atoms with Gasteiger partial charge in [0.2, 0.25) is 0 Å². The summed E-state index contributed by atoms with van der Waals surface area (Å²) < 4.78 is 5.33. The summed E-state index contributed by atoms with van der Waals surface area (Å²) >= 11 is 0. The maximum absolute atomic E-state index is 5.33. The Morgan fingerprint density at radius 2 is 1.94 bits per heavy atom. The molecule has 100 valence electrons. The lowest BCUT2D eigenvalue weighted by Crippen LogP contribution is -2.52. The third-order valence-electron chi connectivity index (χ3n) is 4.37. The molecule has 0 aromatic rings. The number of rotatable bonds is 6. The molecule has 2 aliphatic heterocycles. The minimum atomic E-state index is 0.558. The van der Waals surface area contributed by atoms with Crippen LogP contribution < -0.4 is 5.32 Å². The van der Waals surface area contributed by atoms with Crippen molar-refractivity contribution in [3.8, 4) is 0 Å². The minimum Gasteiger partial charge on any atom is -0.383 e. The van der Waals surface area contributed by atoms with Gasteiger partial charge in [-0.15, -0.1) is 0 Å². The van der Waals surface area contributed by atoms with Crippen molar-refractivity contribution in [2.45, 2.75) is 70.1 Å². The number of ether oxygens (including phenoxy) is 1. The fourth-order valence-corrected chi connectivity index (χ4v) is 3.66. The lowest BCUT2D eigenvalue weighted by atomic mass is 9.96. The summed E-state index contributed by atoms with van der Waals surface area (Å²) in [5.74, 6) is 0. The molecule has 0 radical (unpaired) electrons. The van der Waals surface area contributed by atoms with E-state index >= 15 is 0 Å². The van der Waals surface area contributed by atoms with Crippen molar-refractivity contribution in [2.75, 3.05) is 20.3 Å². The van der Waals surface area contributed by atoms with E-state index < -0.39 is 0 Å². The van der Waals surface area contributed by atoms with Gasteiger partial charge in [0.1, 0.15) is 0 Å². The van der Waals surface area contributed by atoms with Crippen molar-refractivity contribution in [1.29, 1.82) is 0 Å². The molecule has 2 heterocycles. The summed E-state index contributed by atoms with van der Waals surface area (Å²) in [4.78, 5) is 2.69. The summed E-state index contributed by atoms with van der Waals surface area (Å²) in [6.45, 7) is 6.67. The highest BCUT2D eigenvalue weighted by molar-refractivity contribution is 4.96. The number of piperidine rings is 1. The first-order chi connectivity index (χ1) is 8.24. The van der Waals surface area contributed by atoms with Gasteiger partial charge in [-0.1, -0.05) is 6.92 Å². The Balaban J connectivity index is 1.95. The molecule has 0 aliphatic carbocycles. The standard InChI is InChI=1S/C14H28N2O/c1-4-7-16(11(2)10-17-3)14-8-12-5-6-13(9-14)15-12/h11-15H,4-10H2,1-3H3. The van der Waals surface area contributed by atoms with E-state index in [4.69, 9.17) is 4.74 Å². The van der Waals surface area contributed by atoms with Crippen molar-refractivity contribution in [2.24, 2.45) is 0 Å². The average Bonchev–Trinajstić information content (AvgIpc) is 2.65. The molecule has 2 fully saturated rings. The lowest BCUT2D eigenvalue weighted by Gasteiger charge is -2.41. The third-order valence-corrected chi connectivity index (χ3v) is 4.37. The zero-order valence-corrected chi connectivity index (χ0v) is 11.6. The minimum absolute atomic E-state index is 0.558. The topological polar surface area (TPSA) is 24.5 Å². The molecule has 17 heavy (non-hydrogen) atoms. The first-order valence-electron chi connectivity index (χ1n) is 7.25. The molecule has 3 heteroatoms. The van der Waals surface area contributed by atoms with E-state index in [1.165, 1.54) is 38.6 Å². The van der Waals surface area contributed by atoms with E-state index in [0.717, 1.165) is 24.7 Å². The maximum atomic E-state index is 5.33. The summed E-state index contributed by atoms with van der Waals surface area (Å²) in [7, 11) is 1.81. The molecule has 3 unspecified atom stereocenters. The van der Waals surface area contributed by atoms with Crippen molar-refractivity contribution in [1.82, 2.24) is 10.2 Å². The number of methoxy groups -OCH3 is 1. The Morgan fingerprint density at radius 3 is 2.47 bits per heavy atom. The molecular formula is C14H28N2O. The summed E-state index contributed by atoms with van der Waals surface area (Å²) in [6, 6.07) is 2.90. The fourth-order valence-electron chi connectivity index (χ4n) is 3.66. The molecule has 1 N–H and O–H groups in total. The summed E-state index contributed by atoms with van der Waals surface area (Å²) in [5.41, 5.74) is 0. The number of hydrogen-bond donors (Lipinski definition) is 1. The number of hydrogen-bond acceptors (Lipinski definition) is 3. The van der Waals surface area contributed by atoms with Gasteiger partial charge in [0, 0.05) is 31.3 Å². The number of nitrogens with one attached hydrogen (secondary N) is 1. The first-order valence-corrected chi connectivity index (χ1v) is 7.25. The van der Waals surface area contributed by atoms with Crippen LogP contribution in [0.4, 0.5) is 0 Å². The Morgan fingerprint density at radius 1 is 1.29 bits per heavy atom. The molecule has 0 amide bonds. The van der Waals surface area contributed by atoms with Gasteiger partial charge in [0.25, 0.3) is 0 Å². The van der Waals surface area contributed by atoms with Crippen molar-refractivity contribution >= 4 is 0 Å². The van der Waals surface area contributed by atoms with Crippen LogP contribution in [0.1, 0.15) is 46.0 Å².